The molecule has 0 saturated heterocycles. The summed E-state index contributed by atoms with van der Waals surface area (Å²) in [6.07, 6.45) is 9.44. The molecule has 2 fully saturated rings. The van der Waals surface area contributed by atoms with Gasteiger partial charge in [-0.25, -0.2) is 0 Å². The van der Waals surface area contributed by atoms with Crippen LogP contribution < -0.4 is 4.74 Å². The Kier molecular flexibility index (Phi) is 3.39. The van der Waals surface area contributed by atoms with E-state index in [1.54, 1.807) is 0 Å². The topological polar surface area (TPSA) is 29.5 Å². The van der Waals surface area contributed by atoms with E-state index in [-0.39, 0.29) is 0 Å². The molecule has 2 saturated carbocycles. The van der Waals surface area contributed by atoms with Crippen molar-refractivity contribution in [1.82, 2.24) is 0 Å². The fourth-order valence-corrected chi connectivity index (χ4v) is 5.85. The predicted molar refractivity (Wildman–Crippen MR) is 88.5 cm³/mol. The average Bonchev–Trinajstić information content (AvgIpc) is 2.90. The van der Waals surface area contributed by atoms with E-state index in [1.165, 1.54) is 49.7 Å². The van der Waals surface area contributed by atoms with E-state index < -0.39 is 0 Å². The van der Waals surface area contributed by atoms with Gasteiger partial charge in [0.2, 0.25) is 0 Å². The van der Waals surface area contributed by atoms with Gasteiger partial charge in [0.15, 0.2) is 11.5 Å². The lowest BCUT2D eigenvalue weighted by Crippen LogP contribution is -2.39. The second-order valence-corrected chi connectivity index (χ2v) is 7.95. The van der Waals surface area contributed by atoms with Crippen LogP contribution in [0.15, 0.2) is 12.1 Å². The molecule has 2 heteroatoms. The predicted octanol–water partition coefficient (Wildman–Crippen LogP) is 5.04. The van der Waals surface area contributed by atoms with E-state index >= 15 is 0 Å². The second kappa shape index (κ2) is 5.18. The first kappa shape index (κ1) is 14.4. The Morgan fingerprint density at radius 2 is 2.09 bits per heavy atom. The van der Waals surface area contributed by atoms with Crippen LogP contribution >= 0.6 is 0 Å². The molecule has 4 atom stereocenters. The summed E-state index contributed by atoms with van der Waals surface area (Å²) in [4.78, 5) is 0. The number of aryl methyl sites for hydroxylation is 1. The van der Waals surface area contributed by atoms with E-state index in [1.807, 2.05) is 13.0 Å². The maximum absolute atomic E-state index is 10.2. The molecule has 120 valence electrons. The highest BCUT2D eigenvalue weighted by atomic mass is 16.5. The van der Waals surface area contributed by atoms with Gasteiger partial charge in [-0.05, 0) is 91.9 Å². The fraction of sp³-hybridized carbons (Fsp3) is 0.700. The normalized spacial score (nSPS) is 36.4. The number of benzene rings is 1. The number of fused-ring (bicyclic) bond motifs is 5. The highest BCUT2D eigenvalue weighted by Gasteiger charge is 2.50. The molecular formula is C20H28O2. The van der Waals surface area contributed by atoms with Crippen molar-refractivity contribution in [1.29, 1.82) is 0 Å². The molecule has 0 spiro atoms. The quantitative estimate of drug-likeness (QED) is 0.829. The molecule has 0 radical (unpaired) electrons. The second-order valence-electron chi connectivity index (χ2n) is 7.95. The first-order valence-electron chi connectivity index (χ1n) is 9.11. The molecular weight excluding hydrogens is 272 g/mol. The highest BCUT2D eigenvalue weighted by molar-refractivity contribution is 5.49. The summed E-state index contributed by atoms with van der Waals surface area (Å²) in [6.45, 7) is 5.13. The van der Waals surface area contributed by atoms with Crippen molar-refractivity contribution in [3.8, 4) is 11.5 Å². The van der Waals surface area contributed by atoms with Gasteiger partial charge in [0.05, 0.1) is 6.61 Å². The van der Waals surface area contributed by atoms with Gasteiger partial charge in [-0.1, -0.05) is 13.3 Å². The molecule has 0 heterocycles. The molecule has 0 aromatic heterocycles. The Hall–Kier alpha value is -1.18. The van der Waals surface area contributed by atoms with E-state index in [0.29, 0.717) is 29.4 Å². The standard InChI is InChI=1S/C20H28O2/c1-3-22-19-12-16-13(11-18(19)21)6-7-15-14(16)8-10-20(2)9-4-5-17(15)20/h11-12,14-15,17,21H,3-10H2,1-2H3/t14-,15+,17-,20-/m0/s1. The van der Waals surface area contributed by atoms with Gasteiger partial charge in [0.25, 0.3) is 0 Å². The van der Waals surface area contributed by atoms with Crippen LogP contribution in [0.4, 0.5) is 0 Å². The van der Waals surface area contributed by atoms with Crippen LogP contribution in [0.3, 0.4) is 0 Å². The smallest absolute Gasteiger partial charge is 0.161 e. The Labute approximate surface area is 133 Å². The van der Waals surface area contributed by atoms with Crippen molar-refractivity contribution in [3.05, 3.63) is 23.3 Å². The molecule has 0 bridgehead atoms. The number of phenolic OH excluding ortho intramolecular Hbond substituents is 1. The van der Waals surface area contributed by atoms with E-state index in [9.17, 15) is 5.11 Å². The lowest BCUT2D eigenvalue weighted by atomic mass is 9.56. The van der Waals surface area contributed by atoms with Gasteiger partial charge in [-0.3, -0.25) is 0 Å². The van der Waals surface area contributed by atoms with Crippen LogP contribution in [0.25, 0.3) is 0 Å². The van der Waals surface area contributed by atoms with Crippen LogP contribution in [0.1, 0.15) is 69.4 Å². The Bertz CT molecular complexity index is 579. The lowest BCUT2D eigenvalue weighted by Gasteiger charge is -2.49. The van der Waals surface area contributed by atoms with Crippen molar-refractivity contribution >= 4 is 0 Å². The largest absolute Gasteiger partial charge is 0.504 e. The average molecular weight is 300 g/mol. The minimum absolute atomic E-state index is 0.320. The summed E-state index contributed by atoms with van der Waals surface area (Å²) in [5, 5.41) is 10.2. The zero-order valence-electron chi connectivity index (χ0n) is 13.9. The summed E-state index contributed by atoms with van der Waals surface area (Å²) >= 11 is 0. The minimum Gasteiger partial charge on any atom is -0.504 e. The third-order valence-corrected chi connectivity index (χ3v) is 6.89. The molecule has 0 amide bonds. The van der Waals surface area contributed by atoms with Crippen LogP contribution in [-0.4, -0.2) is 11.7 Å². The third kappa shape index (κ3) is 2.06. The molecule has 1 aromatic rings. The SMILES string of the molecule is CCOc1cc2c(cc1O)CC[C@@H]1[C@@H]2CC[C@]2(C)CCC[C@@H]12. The first-order valence-corrected chi connectivity index (χ1v) is 9.11. The molecule has 0 unspecified atom stereocenters. The van der Waals surface area contributed by atoms with Gasteiger partial charge in [-0.2, -0.15) is 0 Å². The number of ether oxygens (including phenoxy) is 1. The number of aromatic hydroxyl groups is 1. The van der Waals surface area contributed by atoms with Crippen molar-refractivity contribution in [2.75, 3.05) is 6.61 Å². The van der Waals surface area contributed by atoms with E-state index in [0.717, 1.165) is 18.3 Å². The van der Waals surface area contributed by atoms with Crippen LogP contribution in [-0.2, 0) is 6.42 Å². The molecule has 2 nitrogen and oxygen atoms in total. The molecule has 3 aliphatic rings. The zero-order chi connectivity index (χ0) is 15.3. The number of hydrogen-bond acceptors (Lipinski definition) is 2. The van der Waals surface area contributed by atoms with Gasteiger partial charge >= 0.3 is 0 Å². The molecule has 1 N–H and O–H groups in total. The summed E-state index contributed by atoms with van der Waals surface area (Å²) in [5.74, 6) is 3.47. The maximum atomic E-state index is 10.2. The van der Waals surface area contributed by atoms with Crippen molar-refractivity contribution in [2.24, 2.45) is 17.3 Å². The Balaban J connectivity index is 1.71. The minimum atomic E-state index is 0.320. The van der Waals surface area contributed by atoms with Crippen molar-refractivity contribution in [3.63, 3.8) is 0 Å². The number of hydrogen-bond donors (Lipinski definition) is 1. The van der Waals surface area contributed by atoms with Crippen molar-refractivity contribution < 1.29 is 9.84 Å². The molecule has 3 aliphatic carbocycles. The summed E-state index contributed by atoms with van der Waals surface area (Å²) < 4.78 is 5.64. The van der Waals surface area contributed by atoms with Crippen LogP contribution in [0, 0.1) is 17.3 Å². The number of rotatable bonds is 2. The molecule has 0 aliphatic heterocycles. The molecule has 1 aromatic carbocycles. The zero-order valence-corrected chi connectivity index (χ0v) is 13.9. The van der Waals surface area contributed by atoms with E-state index in [4.69, 9.17) is 4.74 Å². The fourth-order valence-electron chi connectivity index (χ4n) is 5.85. The Morgan fingerprint density at radius 1 is 1.23 bits per heavy atom. The number of phenols is 1. The monoisotopic (exact) mass is 300 g/mol. The summed E-state index contributed by atoms with van der Waals surface area (Å²) in [7, 11) is 0. The molecule has 4 rings (SSSR count). The highest BCUT2D eigenvalue weighted by Crippen LogP contribution is 2.61. The van der Waals surface area contributed by atoms with E-state index in [2.05, 4.69) is 13.0 Å². The van der Waals surface area contributed by atoms with Gasteiger partial charge in [0.1, 0.15) is 0 Å². The summed E-state index contributed by atoms with van der Waals surface area (Å²) in [6, 6.07) is 4.13. The first-order chi connectivity index (χ1) is 10.6. The Morgan fingerprint density at radius 3 is 2.91 bits per heavy atom. The van der Waals surface area contributed by atoms with Crippen molar-refractivity contribution in [2.45, 2.75) is 64.7 Å². The van der Waals surface area contributed by atoms with Gasteiger partial charge in [0, 0.05) is 0 Å². The third-order valence-electron chi connectivity index (χ3n) is 6.89. The molecule has 22 heavy (non-hydrogen) atoms. The lowest BCUT2D eigenvalue weighted by molar-refractivity contribution is 0.0597. The summed E-state index contributed by atoms with van der Waals surface area (Å²) in [5.41, 5.74) is 3.45. The van der Waals surface area contributed by atoms with Gasteiger partial charge < -0.3 is 9.84 Å². The maximum Gasteiger partial charge on any atom is 0.161 e. The van der Waals surface area contributed by atoms with Gasteiger partial charge in [-0.15, -0.1) is 0 Å². The van der Waals surface area contributed by atoms with Crippen LogP contribution in [0.2, 0.25) is 0 Å². The van der Waals surface area contributed by atoms with Crippen LogP contribution in [0.5, 0.6) is 11.5 Å².